The fourth-order valence-corrected chi connectivity index (χ4v) is 3.54. The van der Waals surface area contributed by atoms with Crippen molar-refractivity contribution in [2.24, 2.45) is 0 Å². The molecular weight excluding hydrogens is 232 g/mol. The molecule has 2 aliphatic rings. The summed E-state index contributed by atoms with van der Waals surface area (Å²) in [5, 5.41) is 0. The first-order chi connectivity index (χ1) is 9.08. The molecule has 0 aliphatic carbocycles. The van der Waals surface area contributed by atoms with Crippen molar-refractivity contribution in [3.63, 3.8) is 0 Å². The second-order valence-electron chi connectivity index (χ2n) is 6.63. The molecule has 0 bridgehead atoms. The zero-order valence-corrected chi connectivity index (χ0v) is 12.7. The van der Waals surface area contributed by atoms with Crippen molar-refractivity contribution in [1.82, 2.24) is 4.90 Å². The maximum Gasteiger partial charge on any atom is 0.0404 e. The van der Waals surface area contributed by atoms with Gasteiger partial charge in [-0.15, -0.1) is 0 Å². The first-order valence-corrected chi connectivity index (χ1v) is 7.70. The number of rotatable bonds is 3. The predicted molar refractivity (Wildman–Crippen MR) is 82.1 cm³/mol. The van der Waals surface area contributed by atoms with Gasteiger partial charge in [0.25, 0.3) is 0 Å². The van der Waals surface area contributed by atoms with E-state index in [-0.39, 0.29) is 0 Å². The van der Waals surface area contributed by atoms with Crippen LogP contribution < -0.4 is 4.90 Å². The number of nitrogens with zero attached hydrogens (tertiary/aromatic N) is 2. The Morgan fingerprint density at radius 2 is 1.79 bits per heavy atom. The zero-order chi connectivity index (χ0) is 13.6. The van der Waals surface area contributed by atoms with E-state index in [0.29, 0.717) is 12.1 Å². The summed E-state index contributed by atoms with van der Waals surface area (Å²) >= 11 is 0. The van der Waals surface area contributed by atoms with E-state index in [1.807, 2.05) is 0 Å². The third kappa shape index (κ3) is 2.16. The van der Waals surface area contributed by atoms with Crippen LogP contribution in [0.2, 0.25) is 0 Å². The highest BCUT2D eigenvalue weighted by atomic mass is 15.2. The van der Waals surface area contributed by atoms with Gasteiger partial charge in [-0.25, -0.2) is 0 Å². The van der Waals surface area contributed by atoms with Crippen LogP contribution in [0.15, 0.2) is 18.2 Å². The van der Waals surface area contributed by atoms with Gasteiger partial charge >= 0.3 is 0 Å². The van der Waals surface area contributed by atoms with Crippen LogP contribution in [0.25, 0.3) is 0 Å². The highest BCUT2D eigenvalue weighted by Gasteiger charge is 2.33. The lowest BCUT2D eigenvalue weighted by Gasteiger charge is -2.43. The van der Waals surface area contributed by atoms with Crippen LogP contribution in [-0.2, 0) is 6.42 Å². The van der Waals surface area contributed by atoms with Crippen molar-refractivity contribution in [1.29, 1.82) is 0 Å². The largest absolute Gasteiger partial charge is 0.369 e. The van der Waals surface area contributed by atoms with Crippen LogP contribution in [0.1, 0.15) is 44.7 Å². The lowest BCUT2D eigenvalue weighted by atomic mass is 9.86. The van der Waals surface area contributed by atoms with Crippen LogP contribution >= 0.6 is 0 Å². The van der Waals surface area contributed by atoms with E-state index in [4.69, 9.17) is 0 Å². The monoisotopic (exact) mass is 258 g/mol. The topological polar surface area (TPSA) is 6.48 Å². The van der Waals surface area contributed by atoms with Gasteiger partial charge in [0, 0.05) is 43.3 Å². The highest BCUT2D eigenvalue weighted by Crippen LogP contribution is 2.38. The average molecular weight is 258 g/mol. The lowest BCUT2D eigenvalue weighted by molar-refractivity contribution is 0.109. The summed E-state index contributed by atoms with van der Waals surface area (Å²) in [4.78, 5) is 5.12. The van der Waals surface area contributed by atoms with Crippen molar-refractivity contribution in [3.8, 4) is 0 Å². The molecule has 0 amide bonds. The van der Waals surface area contributed by atoms with Gasteiger partial charge < -0.3 is 4.90 Å². The average Bonchev–Trinajstić information content (AvgIpc) is 2.70. The molecule has 0 saturated carbocycles. The van der Waals surface area contributed by atoms with Crippen LogP contribution in [0.5, 0.6) is 0 Å². The SMILES string of the molecule is CC(C)N1CC(c2cccc3c2CCN3C(C)C)C1. The molecule has 2 aliphatic heterocycles. The van der Waals surface area contributed by atoms with Crippen LogP contribution in [-0.4, -0.2) is 36.6 Å². The Morgan fingerprint density at radius 3 is 2.42 bits per heavy atom. The Kier molecular flexibility index (Phi) is 3.30. The minimum absolute atomic E-state index is 0.616. The van der Waals surface area contributed by atoms with E-state index in [1.54, 1.807) is 11.1 Å². The van der Waals surface area contributed by atoms with Crippen molar-refractivity contribution in [2.45, 2.75) is 52.1 Å². The summed E-state index contributed by atoms with van der Waals surface area (Å²) in [5.74, 6) is 0.768. The predicted octanol–water partition coefficient (Wildman–Crippen LogP) is 3.27. The fourth-order valence-electron chi connectivity index (χ4n) is 3.54. The van der Waals surface area contributed by atoms with Gasteiger partial charge in [0.2, 0.25) is 0 Å². The van der Waals surface area contributed by atoms with E-state index < -0.39 is 0 Å². The molecular formula is C17H26N2. The molecule has 1 saturated heterocycles. The highest BCUT2D eigenvalue weighted by molar-refractivity contribution is 5.62. The van der Waals surface area contributed by atoms with Crippen molar-refractivity contribution in [2.75, 3.05) is 24.5 Å². The molecule has 0 unspecified atom stereocenters. The number of anilines is 1. The van der Waals surface area contributed by atoms with Gasteiger partial charge in [0.05, 0.1) is 0 Å². The summed E-state index contributed by atoms with van der Waals surface area (Å²) in [7, 11) is 0. The molecule has 3 rings (SSSR count). The number of benzene rings is 1. The first kappa shape index (κ1) is 13.0. The second kappa shape index (κ2) is 4.82. The van der Waals surface area contributed by atoms with Crippen LogP contribution in [0.3, 0.4) is 0 Å². The normalized spacial score (nSPS) is 20.2. The summed E-state index contributed by atoms with van der Waals surface area (Å²) < 4.78 is 0. The van der Waals surface area contributed by atoms with E-state index in [2.05, 4.69) is 55.7 Å². The van der Waals surface area contributed by atoms with Crippen molar-refractivity contribution >= 4 is 5.69 Å². The van der Waals surface area contributed by atoms with Crippen LogP contribution in [0, 0.1) is 0 Å². The van der Waals surface area contributed by atoms with E-state index in [0.717, 1.165) is 5.92 Å². The van der Waals surface area contributed by atoms with Crippen molar-refractivity contribution < 1.29 is 0 Å². The quantitative estimate of drug-likeness (QED) is 0.821. The van der Waals surface area contributed by atoms with E-state index >= 15 is 0 Å². The van der Waals surface area contributed by atoms with Gasteiger partial charge in [-0.3, -0.25) is 4.90 Å². The minimum atomic E-state index is 0.616. The molecule has 1 aromatic rings. The van der Waals surface area contributed by atoms with Crippen molar-refractivity contribution in [3.05, 3.63) is 29.3 Å². The lowest BCUT2D eigenvalue weighted by Crippen LogP contribution is -2.48. The molecule has 0 atom stereocenters. The molecule has 0 aromatic heterocycles. The summed E-state index contributed by atoms with van der Waals surface area (Å²) in [6.07, 6.45) is 1.24. The molecule has 0 radical (unpaired) electrons. The van der Waals surface area contributed by atoms with E-state index in [9.17, 15) is 0 Å². The van der Waals surface area contributed by atoms with Gasteiger partial charge in [-0.05, 0) is 51.3 Å². The Balaban J connectivity index is 1.82. The molecule has 2 heterocycles. The summed E-state index contributed by atoms with van der Waals surface area (Å²) in [6.45, 7) is 12.9. The summed E-state index contributed by atoms with van der Waals surface area (Å²) in [6, 6.07) is 8.24. The maximum absolute atomic E-state index is 2.57. The Hall–Kier alpha value is -1.02. The molecule has 1 fully saturated rings. The fraction of sp³-hybridized carbons (Fsp3) is 0.647. The number of hydrogen-bond acceptors (Lipinski definition) is 2. The molecule has 0 N–H and O–H groups in total. The van der Waals surface area contributed by atoms with Gasteiger partial charge in [0.15, 0.2) is 0 Å². The first-order valence-electron chi connectivity index (χ1n) is 7.70. The van der Waals surface area contributed by atoms with Crippen LogP contribution in [0.4, 0.5) is 5.69 Å². The number of likely N-dealkylation sites (tertiary alicyclic amines) is 1. The van der Waals surface area contributed by atoms with Gasteiger partial charge in [-0.1, -0.05) is 12.1 Å². The van der Waals surface area contributed by atoms with E-state index in [1.165, 1.54) is 31.7 Å². The summed E-state index contributed by atoms with van der Waals surface area (Å²) in [5.41, 5.74) is 4.75. The van der Waals surface area contributed by atoms with Gasteiger partial charge in [-0.2, -0.15) is 0 Å². The molecule has 19 heavy (non-hydrogen) atoms. The Morgan fingerprint density at radius 1 is 1.05 bits per heavy atom. The number of hydrogen-bond donors (Lipinski definition) is 0. The number of fused-ring (bicyclic) bond motifs is 1. The molecule has 2 nitrogen and oxygen atoms in total. The zero-order valence-electron chi connectivity index (χ0n) is 12.7. The molecule has 0 spiro atoms. The Bertz CT molecular complexity index is 458. The Labute approximate surface area is 117 Å². The third-order valence-electron chi connectivity index (χ3n) is 4.80. The third-order valence-corrected chi connectivity index (χ3v) is 4.80. The van der Waals surface area contributed by atoms with Gasteiger partial charge in [0.1, 0.15) is 0 Å². The second-order valence-corrected chi connectivity index (χ2v) is 6.63. The smallest absolute Gasteiger partial charge is 0.0404 e. The molecule has 104 valence electrons. The molecule has 1 aromatic carbocycles. The minimum Gasteiger partial charge on any atom is -0.369 e. The molecule has 2 heteroatoms. The maximum atomic E-state index is 2.57. The standard InChI is InChI=1S/C17H26N2/c1-12(2)18-10-14(11-18)15-6-5-7-17-16(15)8-9-19(17)13(3)4/h5-7,12-14H,8-11H2,1-4H3.